The van der Waals surface area contributed by atoms with Crippen LogP contribution >= 0.6 is 0 Å². The summed E-state index contributed by atoms with van der Waals surface area (Å²) in [5, 5.41) is 0. The molecule has 1 aliphatic carbocycles. The molecule has 1 aliphatic rings. The molecule has 0 heterocycles. The summed E-state index contributed by atoms with van der Waals surface area (Å²) in [5.41, 5.74) is 2.69. The molecule has 0 aromatic heterocycles. The minimum absolute atomic E-state index is 0.0176. The van der Waals surface area contributed by atoms with Crippen LogP contribution in [-0.2, 0) is 6.54 Å². The lowest BCUT2D eigenvalue weighted by Crippen LogP contribution is -2.33. The Hall–Kier alpha value is -2.49. The zero-order chi connectivity index (χ0) is 17.1. The van der Waals surface area contributed by atoms with Crippen molar-refractivity contribution in [1.29, 1.82) is 0 Å². The Morgan fingerprint density at radius 2 is 1.79 bits per heavy atom. The van der Waals surface area contributed by atoms with E-state index in [0.717, 1.165) is 29.7 Å². The summed E-state index contributed by atoms with van der Waals surface area (Å²) in [7, 11) is 3.26. The van der Waals surface area contributed by atoms with Crippen LogP contribution in [-0.4, -0.2) is 31.1 Å². The summed E-state index contributed by atoms with van der Waals surface area (Å²) < 4.78 is 10.8. The Kier molecular flexibility index (Phi) is 4.74. The highest BCUT2D eigenvalue weighted by molar-refractivity contribution is 5.97. The monoisotopic (exact) mass is 325 g/mol. The summed E-state index contributed by atoms with van der Waals surface area (Å²) in [6.07, 6.45) is 2.10. The highest BCUT2D eigenvalue weighted by Gasteiger charge is 2.34. The maximum atomic E-state index is 13.2. The van der Waals surface area contributed by atoms with E-state index in [4.69, 9.17) is 9.47 Å². The van der Waals surface area contributed by atoms with Gasteiger partial charge in [0.25, 0.3) is 5.91 Å². The van der Waals surface area contributed by atoms with Crippen molar-refractivity contribution in [3.8, 4) is 11.5 Å². The number of aryl methyl sites for hydroxylation is 1. The molecule has 1 fully saturated rings. The Balaban J connectivity index is 1.91. The van der Waals surface area contributed by atoms with Gasteiger partial charge in [-0.2, -0.15) is 0 Å². The van der Waals surface area contributed by atoms with E-state index in [1.807, 2.05) is 54.3 Å². The van der Waals surface area contributed by atoms with Crippen molar-refractivity contribution in [2.45, 2.75) is 32.4 Å². The average molecular weight is 325 g/mol. The van der Waals surface area contributed by atoms with Gasteiger partial charge in [0, 0.05) is 18.2 Å². The largest absolute Gasteiger partial charge is 0.496 e. The van der Waals surface area contributed by atoms with Crippen LogP contribution < -0.4 is 9.47 Å². The second-order valence-electron chi connectivity index (χ2n) is 6.18. The molecule has 0 radical (unpaired) electrons. The van der Waals surface area contributed by atoms with Gasteiger partial charge in [-0.05, 0) is 38.0 Å². The first kappa shape index (κ1) is 16.4. The highest BCUT2D eigenvalue weighted by atomic mass is 16.5. The third-order valence-corrected chi connectivity index (χ3v) is 4.37. The summed E-state index contributed by atoms with van der Waals surface area (Å²) in [5.74, 6) is 1.45. The normalized spacial score (nSPS) is 13.5. The predicted octanol–water partition coefficient (Wildman–Crippen LogP) is 3.82. The molecule has 0 N–H and O–H groups in total. The molecule has 1 saturated carbocycles. The molecular weight excluding hydrogens is 302 g/mol. The van der Waals surface area contributed by atoms with E-state index in [0.29, 0.717) is 23.9 Å². The minimum atomic E-state index is 0.0176. The van der Waals surface area contributed by atoms with Crippen LogP contribution in [0.5, 0.6) is 11.5 Å². The Bertz CT molecular complexity index is 737. The van der Waals surface area contributed by atoms with Gasteiger partial charge in [0.05, 0.1) is 19.8 Å². The van der Waals surface area contributed by atoms with Crippen LogP contribution in [0.4, 0.5) is 0 Å². The number of hydrogen-bond acceptors (Lipinski definition) is 3. The first-order chi connectivity index (χ1) is 11.6. The number of rotatable bonds is 6. The van der Waals surface area contributed by atoms with E-state index < -0.39 is 0 Å². The van der Waals surface area contributed by atoms with Crippen molar-refractivity contribution in [3.63, 3.8) is 0 Å². The van der Waals surface area contributed by atoms with Crippen LogP contribution in [0.2, 0.25) is 0 Å². The average Bonchev–Trinajstić information content (AvgIpc) is 3.44. The van der Waals surface area contributed by atoms with Gasteiger partial charge in [-0.3, -0.25) is 4.79 Å². The lowest BCUT2D eigenvalue weighted by molar-refractivity contribution is 0.0725. The van der Waals surface area contributed by atoms with Crippen LogP contribution in [0.3, 0.4) is 0 Å². The molecule has 126 valence electrons. The summed E-state index contributed by atoms with van der Waals surface area (Å²) in [4.78, 5) is 15.1. The Morgan fingerprint density at radius 3 is 2.46 bits per heavy atom. The number of para-hydroxylation sites is 1. The smallest absolute Gasteiger partial charge is 0.258 e. The molecule has 2 aromatic carbocycles. The van der Waals surface area contributed by atoms with Gasteiger partial charge < -0.3 is 14.4 Å². The molecule has 24 heavy (non-hydrogen) atoms. The van der Waals surface area contributed by atoms with Crippen LogP contribution in [0.1, 0.15) is 34.3 Å². The molecule has 0 aliphatic heterocycles. The summed E-state index contributed by atoms with van der Waals surface area (Å²) >= 11 is 0. The van der Waals surface area contributed by atoms with Gasteiger partial charge >= 0.3 is 0 Å². The molecule has 0 atom stereocenters. The number of carbonyl (C=O) groups excluding carboxylic acids is 1. The van der Waals surface area contributed by atoms with Gasteiger partial charge in [-0.15, -0.1) is 0 Å². The van der Waals surface area contributed by atoms with E-state index in [-0.39, 0.29) is 5.91 Å². The number of ether oxygens (including phenoxy) is 2. The van der Waals surface area contributed by atoms with E-state index >= 15 is 0 Å². The van der Waals surface area contributed by atoms with Gasteiger partial charge in [-0.1, -0.05) is 29.8 Å². The fourth-order valence-corrected chi connectivity index (χ4v) is 2.91. The van der Waals surface area contributed by atoms with Gasteiger partial charge in [0.2, 0.25) is 0 Å². The third kappa shape index (κ3) is 3.37. The maximum absolute atomic E-state index is 13.2. The van der Waals surface area contributed by atoms with E-state index in [1.54, 1.807) is 14.2 Å². The number of amides is 1. The maximum Gasteiger partial charge on any atom is 0.258 e. The number of benzene rings is 2. The molecule has 4 heteroatoms. The SMILES string of the molecule is COc1ccccc1CN(C(=O)c1cc(C)ccc1OC)C1CC1. The first-order valence-corrected chi connectivity index (χ1v) is 8.21. The van der Waals surface area contributed by atoms with E-state index in [9.17, 15) is 4.79 Å². The quantitative estimate of drug-likeness (QED) is 0.810. The molecule has 2 aromatic rings. The topological polar surface area (TPSA) is 38.8 Å². The number of methoxy groups -OCH3 is 2. The molecule has 1 amide bonds. The number of carbonyl (C=O) groups is 1. The van der Waals surface area contributed by atoms with Crippen LogP contribution in [0.15, 0.2) is 42.5 Å². The fourth-order valence-electron chi connectivity index (χ4n) is 2.91. The standard InChI is InChI=1S/C20H23NO3/c1-14-8-11-19(24-3)17(12-14)20(22)21(16-9-10-16)13-15-6-4-5-7-18(15)23-2/h4-8,11-12,16H,9-10,13H2,1-3H3. The van der Waals surface area contributed by atoms with Crippen molar-refractivity contribution in [3.05, 3.63) is 59.2 Å². The van der Waals surface area contributed by atoms with Crippen molar-refractivity contribution < 1.29 is 14.3 Å². The number of nitrogens with zero attached hydrogens (tertiary/aromatic N) is 1. The zero-order valence-electron chi connectivity index (χ0n) is 14.4. The molecule has 0 unspecified atom stereocenters. The molecule has 0 bridgehead atoms. The fraction of sp³-hybridized carbons (Fsp3) is 0.350. The molecule has 0 spiro atoms. The Morgan fingerprint density at radius 1 is 1.08 bits per heavy atom. The summed E-state index contributed by atoms with van der Waals surface area (Å²) in [6.45, 7) is 2.53. The minimum Gasteiger partial charge on any atom is -0.496 e. The molecule has 0 saturated heterocycles. The zero-order valence-corrected chi connectivity index (χ0v) is 14.4. The molecule has 4 nitrogen and oxygen atoms in total. The van der Waals surface area contributed by atoms with Crippen LogP contribution in [0.25, 0.3) is 0 Å². The lowest BCUT2D eigenvalue weighted by Gasteiger charge is -2.24. The van der Waals surface area contributed by atoms with Gasteiger partial charge in [0.15, 0.2) is 0 Å². The lowest BCUT2D eigenvalue weighted by atomic mass is 10.1. The Labute approximate surface area is 143 Å². The van der Waals surface area contributed by atoms with Crippen molar-refractivity contribution in [2.24, 2.45) is 0 Å². The third-order valence-electron chi connectivity index (χ3n) is 4.37. The van der Waals surface area contributed by atoms with Gasteiger partial charge in [0.1, 0.15) is 11.5 Å². The second kappa shape index (κ2) is 6.95. The van der Waals surface area contributed by atoms with Crippen molar-refractivity contribution in [2.75, 3.05) is 14.2 Å². The van der Waals surface area contributed by atoms with E-state index in [1.165, 1.54) is 0 Å². The van der Waals surface area contributed by atoms with Gasteiger partial charge in [-0.25, -0.2) is 0 Å². The molecule has 3 rings (SSSR count). The van der Waals surface area contributed by atoms with Crippen molar-refractivity contribution >= 4 is 5.91 Å². The van der Waals surface area contributed by atoms with E-state index in [2.05, 4.69) is 0 Å². The predicted molar refractivity (Wildman–Crippen MR) is 93.6 cm³/mol. The van der Waals surface area contributed by atoms with Crippen molar-refractivity contribution in [1.82, 2.24) is 4.90 Å². The van der Waals surface area contributed by atoms with Crippen LogP contribution in [0, 0.1) is 6.92 Å². The highest BCUT2D eigenvalue weighted by Crippen LogP contribution is 2.33. The second-order valence-corrected chi connectivity index (χ2v) is 6.18. The first-order valence-electron chi connectivity index (χ1n) is 8.21. The molecular formula is C20H23NO3. The number of hydrogen-bond donors (Lipinski definition) is 0. The summed E-state index contributed by atoms with van der Waals surface area (Å²) in [6, 6.07) is 13.9.